The number of ether oxygens (including phenoxy) is 1. The molecule has 0 atom stereocenters. The van der Waals surface area contributed by atoms with Crippen molar-refractivity contribution in [2.75, 3.05) is 19.8 Å². The van der Waals surface area contributed by atoms with Crippen molar-refractivity contribution in [2.45, 2.75) is 57.7 Å². The fourth-order valence-electron chi connectivity index (χ4n) is 1.42. The minimum Gasteiger partial charge on any atom is -0.381 e. The summed E-state index contributed by atoms with van der Waals surface area (Å²) in [5, 5.41) is 18.3. The van der Waals surface area contributed by atoms with Gasteiger partial charge in [-0.2, -0.15) is 0 Å². The minimum absolute atomic E-state index is 0.145. The summed E-state index contributed by atoms with van der Waals surface area (Å²) in [7, 11) is 0. The molecule has 16 heavy (non-hydrogen) atoms. The molecule has 0 amide bonds. The molecule has 98 valence electrons. The molecule has 4 heteroatoms. The second-order valence-corrected chi connectivity index (χ2v) is 4.32. The topological polar surface area (TPSA) is 75.7 Å². The van der Waals surface area contributed by atoms with Crippen LogP contribution in [0, 0.1) is 0 Å². The van der Waals surface area contributed by atoms with Gasteiger partial charge in [-0.3, -0.25) is 0 Å². The minimum atomic E-state index is -1.76. The molecule has 0 saturated carbocycles. The van der Waals surface area contributed by atoms with Crippen LogP contribution in [-0.2, 0) is 4.74 Å². The molecule has 0 aromatic heterocycles. The smallest absolute Gasteiger partial charge is 0.177 e. The van der Waals surface area contributed by atoms with E-state index in [1.165, 1.54) is 32.1 Å². The zero-order valence-electron chi connectivity index (χ0n) is 10.5. The third kappa shape index (κ3) is 10.4. The van der Waals surface area contributed by atoms with Crippen molar-refractivity contribution >= 4 is 0 Å². The Morgan fingerprint density at radius 3 is 2.25 bits per heavy atom. The maximum Gasteiger partial charge on any atom is 0.177 e. The van der Waals surface area contributed by atoms with Crippen molar-refractivity contribution in [3.63, 3.8) is 0 Å². The second-order valence-electron chi connectivity index (χ2n) is 4.32. The average molecular weight is 233 g/mol. The highest BCUT2D eigenvalue weighted by Crippen LogP contribution is 2.06. The summed E-state index contributed by atoms with van der Waals surface area (Å²) in [4.78, 5) is 0. The predicted molar refractivity (Wildman–Crippen MR) is 65.0 cm³/mol. The van der Waals surface area contributed by atoms with Crippen molar-refractivity contribution in [2.24, 2.45) is 5.73 Å². The van der Waals surface area contributed by atoms with Gasteiger partial charge in [0.1, 0.15) is 0 Å². The Morgan fingerprint density at radius 1 is 1.00 bits per heavy atom. The number of aliphatic hydroxyl groups is 2. The first-order chi connectivity index (χ1) is 7.62. The molecule has 0 saturated heterocycles. The number of hydrogen-bond acceptors (Lipinski definition) is 4. The van der Waals surface area contributed by atoms with Gasteiger partial charge in [-0.1, -0.05) is 39.0 Å². The molecular formula is C12H27NO3. The van der Waals surface area contributed by atoms with E-state index in [4.69, 9.17) is 10.5 Å². The molecule has 0 aliphatic heterocycles. The Morgan fingerprint density at radius 2 is 1.62 bits per heavy atom. The maximum atomic E-state index is 9.17. The van der Waals surface area contributed by atoms with Gasteiger partial charge in [0, 0.05) is 19.6 Å². The Bertz CT molecular complexity index is 151. The van der Waals surface area contributed by atoms with E-state index >= 15 is 0 Å². The quantitative estimate of drug-likeness (QED) is 0.372. The zero-order valence-corrected chi connectivity index (χ0v) is 10.5. The van der Waals surface area contributed by atoms with Crippen LogP contribution in [0.25, 0.3) is 0 Å². The van der Waals surface area contributed by atoms with Gasteiger partial charge in [0.05, 0.1) is 6.61 Å². The first-order valence-corrected chi connectivity index (χ1v) is 6.35. The van der Waals surface area contributed by atoms with Crippen LogP contribution in [0.4, 0.5) is 0 Å². The third-order valence-electron chi connectivity index (χ3n) is 2.62. The van der Waals surface area contributed by atoms with E-state index in [1.54, 1.807) is 0 Å². The molecule has 4 nitrogen and oxygen atoms in total. The Hall–Kier alpha value is -0.160. The van der Waals surface area contributed by atoms with E-state index in [0.29, 0.717) is 13.2 Å². The summed E-state index contributed by atoms with van der Waals surface area (Å²) in [6.07, 6.45) is 7.58. The van der Waals surface area contributed by atoms with E-state index in [2.05, 4.69) is 6.92 Å². The van der Waals surface area contributed by atoms with Crippen LogP contribution in [0.5, 0.6) is 0 Å². The van der Waals surface area contributed by atoms with Crippen LogP contribution < -0.4 is 5.73 Å². The lowest BCUT2D eigenvalue weighted by molar-refractivity contribution is -0.165. The second kappa shape index (κ2) is 10.0. The summed E-state index contributed by atoms with van der Waals surface area (Å²) in [5.74, 6) is -1.76. The van der Waals surface area contributed by atoms with Crippen molar-refractivity contribution in [1.29, 1.82) is 0 Å². The van der Waals surface area contributed by atoms with Gasteiger partial charge in [0.15, 0.2) is 5.79 Å². The van der Waals surface area contributed by atoms with Crippen LogP contribution >= 0.6 is 0 Å². The van der Waals surface area contributed by atoms with Gasteiger partial charge >= 0.3 is 0 Å². The van der Waals surface area contributed by atoms with Gasteiger partial charge in [0.2, 0.25) is 0 Å². The van der Waals surface area contributed by atoms with Gasteiger partial charge in [-0.05, 0) is 6.42 Å². The SMILES string of the molecule is CCCCCCCCOCCC(O)(O)CN. The number of hydrogen-bond donors (Lipinski definition) is 3. The van der Waals surface area contributed by atoms with Crippen LogP contribution in [0.2, 0.25) is 0 Å². The van der Waals surface area contributed by atoms with E-state index in [-0.39, 0.29) is 13.0 Å². The summed E-state index contributed by atoms with van der Waals surface area (Å²) in [5.41, 5.74) is 5.16. The van der Waals surface area contributed by atoms with Crippen molar-refractivity contribution < 1.29 is 14.9 Å². The highest BCUT2D eigenvalue weighted by Gasteiger charge is 2.19. The van der Waals surface area contributed by atoms with Crippen molar-refractivity contribution in [3.8, 4) is 0 Å². The molecule has 0 heterocycles. The molecule has 4 N–H and O–H groups in total. The largest absolute Gasteiger partial charge is 0.381 e. The van der Waals surface area contributed by atoms with Crippen LogP contribution in [0.15, 0.2) is 0 Å². The fraction of sp³-hybridized carbons (Fsp3) is 1.00. The Kier molecular flexibility index (Phi) is 9.92. The van der Waals surface area contributed by atoms with Crippen LogP contribution in [0.1, 0.15) is 51.9 Å². The summed E-state index contributed by atoms with van der Waals surface area (Å²) >= 11 is 0. The van der Waals surface area contributed by atoms with Gasteiger partial charge < -0.3 is 20.7 Å². The van der Waals surface area contributed by atoms with Crippen LogP contribution in [0.3, 0.4) is 0 Å². The predicted octanol–water partition coefficient (Wildman–Crippen LogP) is 1.39. The van der Waals surface area contributed by atoms with Gasteiger partial charge in [-0.15, -0.1) is 0 Å². The van der Waals surface area contributed by atoms with E-state index in [9.17, 15) is 10.2 Å². The van der Waals surface area contributed by atoms with Crippen molar-refractivity contribution in [1.82, 2.24) is 0 Å². The summed E-state index contributed by atoms with van der Waals surface area (Å²) < 4.78 is 5.30. The van der Waals surface area contributed by atoms with Gasteiger partial charge in [0.25, 0.3) is 0 Å². The Labute approximate surface area is 98.8 Å². The zero-order chi connectivity index (χ0) is 12.3. The summed E-state index contributed by atoms with van der Waals surface area (Å²) in [6.45, 7) is 3.12. The third-order valence-corrected chi connectivity index (χ3v) is 2.62. The molecule has 0 spiro atoms. The fourth-order valence-corrected chi connectivity index (χ4v) is 1.42. The standard InChI is InChI=1S/C12H27NO3/c1-2-3-4-5-6-7-9-16-10-8-12(14,15)11-13/h14-15H,2-11,13H2,1H3. The number of nitrogens with two attached hydrogens (primary N) is 1. The van der Waals surface area contributed by atoms with E-state index < -0.39 is 5.79 Å². The van der Waals surface area contributed by atoms with Gasteiger partial charge in [-0.25, -0.2) is 0 Å². The highest BCUT2D eigenvalue weighted by atomic mass is 16.5. The van der Waals surface area contributed by atoms with Crippen molar-refractivity contribution in [3.05, 3.63) is 0 Å². The summed E-state index contributed by atoms with van der Waals surface area (Å²) in [6, 6.07) is 0. The molecule has 0 unspecified atom stereocenters. The molecule has 0 bridgehead atoms. The Balaban J connectivity index is 3.10. The van der Waals surface area contributed by atoms with E-state index in [1.807, 2.05) is 0 Å². The molecule has 0 fully saturated rings. The first kappa shape index (κ1) is 15.8. The number of rotatable bonds is 11. The first-order valence-electron chi connectivity index (χ1n) is 6.35. The molecule has 0 aromatic carbocycles. The monoisotopic (exact) mass is 233 g/mol. The lowest BCUT2D eigenvalue weighted by Crippen LogP contribution is -2.38. The molecule has 0 radical (unpaired) electrons. The number of unbranched alkanes of at least 4 members (excludes halogenated alkanes) is 5. The molecule has 0 aliphatic carbocycles. The normalized spacial score (nSPS) is 12.0. The molecular weight excluding hydrogens is 206 g/mol. The highest BCUT2D eigenvalue weighted by molar-refractivity contribution is 4.63. The molecule has 0 aromatic rings. The lowest BCUT2D eigenvalue weighted by Gasteiger charge is -2.18. The van der Waals surface area contributed by atoms with E-state index in [0.717, 1.165) is 6.42 Å². The lowest BCUT2D eigenvalue weighted by atomic mass is 10.1. The average Bonchev–Trinajstić information content (AvgIpc) is 2.27. The van der Waals surface area contributed by atoms with Crippen LogP contribution in [-0.4, -0.2) is 35.8 Å². The maximum absolute atomic E-state index is 9.17. The molecule has 0 rings (SSSR count). The molecule has 0 aliphatic rings.